The van der Waals surface area contributed by atoms with Crippen molar-refractivity contribution in [2.24, 2.45) is 0 Å². The molecule has 30 heavy (non-hydrogen) atoms. The first-order chi connectivity index (χ1) is 14.3. The molecule has 0 bridgehead atoms. The number of benzene rings is 1. The van der Waals surface area contributed by atoms with Gasteiger partial charge in [0.25, 0.3) is 0 Å². The van der Waals surface area contributed by atoms with E-state index in [1.165, 1.54) is 27.2 Å². The molecule has 0 unspecified atom stereocenters. The van der Waals surface area contributed by atoms with E-state index in [-0.39, 0.29) is 29.0 Å². The zero-order valence-electron chi connectivity index (χ0n) is 15.8. The summed E-state index contributed by atoms with van der Waals surface area (Å²) in [6, 6.07) is 9.42. The Balaban J connectivity index is 1.63. The van der Waals surface area contributed by atoms with Gasteiger partial charge in [-0.05, 0) is 37.1 Å². The summed E-state index contributed by atoms with van der Waals surface area (Å²) in [5.41, 5.74) is 0.380. The largest absolute Gasteiger partial charge is 0.480 e. The summed E-state index contributed by atoms with van der Waals surface area (Å²) in [5.74, 6) is -1.14. The van der Waals surface area contributed by atoms with Crippen LogP contribution in [0.4, 0.5) is 0 Å². The van der Waals surface area contributed by atoms with Crippen LogP contribution in [0.5, 0.6) is 0 Å². The number of aliphatic carboxylic acids is 1. The maximum absolute atomic E-state index is 12.9. The van der Waals surface area contributed by atoms with Crippen molar-refractivity contribution in [3.8, 4) is 0 Å². The van der Waals surface area contributed by atoms with Crippen LogP contribution in [-0.4, -0.2) is 51.0 Å². The van der Waals surface area contributed by atoms with Gasteiger partial charge in [-0.2, -0.15) is 4.31 Å². The Kier molecular flexibility index (Phi) is 5.39. The molecule has 1 N–H and O–H groups in total. The number of rotatable bonds is 5. The second kappa shape index (κ2) is 7.86. The van der Waals surface area contributed by atoms with Crippen LogP contribution in [0.2, 0.25) is 5.02 Å². The summed E-state index contributed by atoms with van der Waals surface area (Å²) in [5, 5.41) is 9.31. The highest BCUT2D eigenvalue weighted by atomic mass is 35.5. The van der Waals surface area contributed by atoms with Crippen molar-refractivity contribution in [3.05, 3.63) is 58.1 Å². The van der Waals surface area contributed by atoms with Gasteiger partial charge in [0.2, 0.25) is 10.0 Å². The molecule has 1 aromatic carbocycles. The van der Waals surface area contributed by atoms with Crippen LogP contribution < -0.4 is 5.69 Å². The van der Waals surface area contributed by atoms with Crippen molar-refractivity contribution >= 4 is 38.8 Å². The average molecular weight is 451 g/mol. The minimum absolute atomic E-state index is 0.0598. The molecule has 2 aromatic heterocycles. The second-order valence-electron chi connectivity index (χ2n) is 7.04. The number of carbonyl (C=O) groups is 1. The van der Waals surface area contributed by atoms with Crippen LogP contribution >= 0.6 is 11.6 Å². The first kappa shape index (κ1) is 20.6. The van der Waals surface area contributed by atoms with Crippen molar-refractivity contribution in [1.82, 2.24) is 18.4 Å². The lowest BCUT2D eigenvalue weighted by Gasteiger charge is -2.31. The maximum atomic E-state index is 12.9. The fourth-order valence-electron chi connectivity index (χ4n) is 3.87. The van der Waals surface area contributed by atoms with Crippen molar-refractivity contribution in [2.45, 2.75) is 30.3 Å². The van der Waals surface area contributed by atoms with Crippen LogP contribution in [-0.2, 0) is 21.4 Å². The van der Waals surface area contributed by atoms with E-state index in [0.29, 0.717) is 24.0 Å². The molecule has 0 atom stereocenters. The fourth-order valence-corrected chi connectivity index (χ4v) is 5.84. The Morgan fingerprint density at radius 1 is 1.17 bits per heavy atom. The van der Waals surface area contributed by atoms with Crippen molar-refractivity contribution < 1.29 is 18.3 Å². The summed E-state index contributed by atoms with van der Waals surface area (Å²) in [7, 11) is -3.74. The Morgan fingerprint density at radius 2 is 1.87 bits per heavy atom. The molecule has 0 spiro atoms. The fraction of sp³-hybridized carbons (Fsp3) is 0.316. The highest BCUT2D eigenvalue weighted by Gasteiger charge is 2.33. The predicted octanol–water partition coefficient (Wildman–Crippen LogP) is 1.96. The number of hydrogen-bond donors (Lipinski definition) is 1. The van der Waals surface area contributed by atoms with Gasteiger partial charge in [0, 0.05) is 25.3 Å². The SMILES string of the molecule is O=C(O)Cn1c(=O)n(C2CCN(S(=O)(=O)c3ccccc3Cl)CC2)c2cccnc21. The van der Waals surface area contributed by atoms with Gasteiger partial charge >= 0.3 is 11.7 Å². The molecule has 0 amide bonds. The van der Waals surface area contributed by atoms with Crippen LogP contribution in [0.15, 0.2) is 52.3 Å². The van der Waals surface area contributed by atoms with E-state index in [0.717, 1.165) is 4.57 Å². The van der Waals surface area contributed by atoms with E-state index in [1.807, 2.05) is 0 Å². The molecule has 4 rings (SSSR count). The number of hydrogen-bond acceptors (Lipinski definition) is 5. The monoisotopic (exact) mass is 450 g/mol. The van der Waals surface area contributed by atoms with Crippen molar-refractivity contribution in [3.63, 3.8) is 0 Å². The first-order valence-corrected chi connectivity index (χ1v) is 11.1. The van der Waals surface area contributed by atoms with Gasteiger partial charge in [-0.15, -0.1) is 0 Å². The summed E-state index contributed by atoms with van der Waals surface area (Å²) in [6.07, 6.45) is 2.32. The number of nitrogens with zero attached hydrogens (tertiary/aromatic N) is 4. The summed E-state index contributed by atoms with van der Waals surface area (Å²) in [4.78, 5) is 28.4. The lowest BCUT2D eigenvalue weighted by molar-refractivity contribution is -0.137. The molecule has 1 fully saturated rings. The van der Waals surface area contributed by atoms with Gasteiger partial charge in [-0.3, -0.25) is 13.9 Å². The van der Waals surface area contributed by atoms with Gasteiger partial charge in [0.1, 0.15) is 11.4 Å². The average Bonchev–Trinajstić information content (AvgIpc) is 2.99. The standard InChI is InChI=1S/C19H19ClN4O5S/c20-14-4-1-2-6-16(14)30(28,29)22-10-7-13(8-11-22)24-15-5-3-9-21-18(15)23(19(24)27)12-17(25)26/h1-6,9,13H,7-8,10-12H2,(H,25,26). The van der Waals surface area contributed by atoms with Gasteiger partial charge < -0.3 is 5.11 Å². The normalized spacial score (nSPS) is 16.2. The van der Waals surface area contributed by atoms with E-state index in [1.54, 1.807) is 24.3 Å². The highest BCUT2D eigenvalue weighted by molar-refractivity contribution is 7.89. The van der Waals surface area contributed by atoms with Crippen LogP contribution in [0.3, 0.4) is 0 Å². The van der Waals surface area contributed by atoms with E-state index in [2.05, 4.69) is 4.98 Å². The molecule has 3 heterocycles. The minimum Gasteiger partial charge on any atom is -0.480 e. The molecule has 9 nitrogen and oxygen atoms in total. The third-order valence-corrected chi connectivity index (χ3v) is 7.65. The van der Waals surface area contributed by atoms with Gasteiger partial charge in [-0.1, -0.05) is 23.7 Å². The molecular weight excluding hydrogens is 432 g/mol. The second-order valence-corrected chi connectivity index (χ2v) is 9.36. The molecule has 158 valence electrons. The number of carboxylic acids is 1. The third-order valence-electron chi connectivity index (χ3n) is 5.25. The minimum atomic E-state index is -3.74. The Labute approximate surface area is 177 Å². The smallest absolute Gasteiger partial charge is 0.331 e. The molecule has 3 aromatic rings. The number of piperidine rings is 1. The Bertz CT molecular complexity index is 1280. The van der Waals surface area contributed by atoms with Crippen LogP contribution in [0.25, 0.3) is 11.2 Å². The molecule has 1 aliphatic heterocycles. The predicted molar refractivity (Wildman–Crippen MR) is 110 cm³/mol. The number of carboxylic acid groups (broad SMARTS) is 1. The molecule has 11 heteroatoms. The van der Waals surface area contributed by atoms with Gasteiger partial charge in [-0.25, -0.2) is 18.2 Å². The molecule has 0 radical (unpaired) electrons. The Morgan fingerprint density at radius 3 is 2.53 bits per heavy atom. The summed E-state index contributed by atoms with van der Waals surface area (Å²) in [6.45, 7) is -0.0495. The number of pyridine rings is 1. The van der Waals surface area contributed by atoms with Gasteiger partial charge in [0.05, 0.1) is 10.5 Å². The van der Waals surface area contributed by atoms with Gasteiger partial charge in [0.15, 0.2) is 5.65 Å². The summed E-state index contributed by atoms with van der Waals surface area (Å²) >= 11 is 6.07. The maximum Gasteiger partial charge on any atom is 0.331 e. The number of aromatic nitrogens is 3. The van der Waals surface area contributed by atoms with E-state index in [9.17, 15) is 18.0 Å². The molecule has 1 saturated heterocycles. The number of imidazole rings is 1. The van der Waals surface area contributed by atoms with Crippen LogP contribution in [0, 0.1) is 0 Å². The van der Waals surface area contributed by atoms with Crippen LogP contribution in [0.1, 0.15) is 18.9 Å². The van der Waals surface area contributed by atoms with E-state index in [4.69, 9.17) is 16.7 Å². The van der Waals surface area contributed by atoms with Crippen molar-refractivity contribution in [1.29, 1.82) is 0 Å². The third kappa shape index (κ3) is 3.51. The van der Waals surface area contributed by atoms with Crippen molar-refractivity contribution in [2.75, 3.05) is 13.1 Å². The highest BCUT2D eigenvalue weighted by Crippen LogP contribution is 2.30. The molecule has 0 aliphatic carbocycles. The molecular formula is C19H19ClN4O5S. The lowest BCUT2D eigenvalue weighted by atomic mass is 10.1. The molecule has 0 saturated carbocycles. The Hall–Kier alpha value is -2.69. The number of sulfonamides is 1. The van der Waals surface area contributed by atoms with E-state index < -0.39 is 28.2 Å². The topological polar surface area (TPSA) is 114 Å². The number of fused-ring (bicyclic) bond motifs is 1. The quantitative estimate of drug-likeness (QED) is 0.635. The summed E-state index contributed by atoms with van der Waals surface area (Å²) < 4.78 is 29.9. The lowest BCUT2D eigenvalue weighted by Crippen LogP contribution is -2.41. The zero-order chi connectivity index (χ0) is 21.5. The first-order valence-electron chi connectivity index (χ1n) is 9.33. The number of halogens is 1. The van der Waals surface area contributed by atoms with E-state index >= 15 is 0 Å². The molecule has 1 aliphatic rings. The zero-order valence-corrected chi connectivity index (χ0v) is 17.4.